The third-order valence-corrected chi connectivity index (χ3v) is 6.08. The van der Waals surface area contributed by atoms with Crippen molar-refractivity contribution in [2.24, 2.45) is 17.8 Å². The first-order valence-electron chi connectivity index (χ1n) is 7.89. The molecule has 0 aromatic heterocycles. The monoisotopic (exact) mass is 234 g/mol. The van der Waals surface area contributed by atoms with Gasteiger partial charge in [-0.15, -0.1) is 0 Å². The van der Waals surface area contributed by atoms with E-state index >= 15 is 0 Å². The maximum atomic E-state index is 3.83. The van der Waals surface area contributed by atoms with Crippen molar-refractivity contribution >= 4 is 0 Å². The first-order chi connectivity index (χ1) is 8.42. The highest BCUT2D eigenvalue weighted by atomic mass is 15.2. The molecular formula is C15H26N2. The van der Waals surface area contributed by atoms with Gasteiger partial charge in [-0.1, -0.05) is 6.42 Å². The highest BCUT2D eigenvalue weighted by molar-refractivity contribution is 5.01. The Hall–Kier alpha value is -0.0800. The molecule has 0 aromatic carbocycles. The molecule has 1 unspecified atom stereocenters. The van der Waals surface area contributed by atoms with Crippen LogP contribution in [0.4, 0.5) is 0 Å². The van der Waals surface area contributed by atoms with Crippen LogP contribution in [0.15, 0.2) is 0 Å². The quantitative estimate of drug-likeness (QED) is 0.691. The summed E-state index contributed by atoms with van der Waals surface area (Å²) >= 11 is 0. The molecule has 4 aliphatic rings. The van der Waals surface area contributed by atoms with Crippen molar-refractivity contribution in [3.8, 4) is 0 Å². The van der Waals surface area contributed by atoms with Gasteiger partial charge in [-0.3, -0.25) is 4.90 Å². The van der Waals surface area contributed by atoms with Gasteiger partial charge in [-0.25, -0.2) is 0 Å². The van der Waals surface area contributed by atoms with Crippen LogP contribution in [0, 0.1) is 17.8 Å². The Morgan fingerprint density at radius 3 is 2.94 bits per heavy atom. The molecule has 0 amide bonds. The molecule has 3 heterocycles. The van der Waals surface area contributed by atoms with Crippen LogP contribution in [0.5, 0.6) is 0 Å². The fourth-order valence-electron chi connectivity index (χ4n) is 5.39. The van der Waals surface area contributed by atoms with E-state index in [0.717, 1.165) is 29.8 Å². The number of hydrogen-bond donors (Lipinski definition) is 1. The second kappa shape index (κ2) is 4.24. The Kier molecular flexibility index (Phi) is 2.69. The topological polar surface area (TPSA) is 15.3 Å². The molecule has 0 aromatic rings. The molecule has 5 atom stereocenters. The number of fused-ring (bicyclic) bond motifs is 6. The number of nitrogens with zero attached hydrogens (tertiary/aromatic N) is 1. The fraction of sp³-hybridized carbons (Fsp3) is 1.00. The lowest BCUT2D eigenvalue weighted by Crippen LogP contribution is -2.60. The van der Waals surface area contributed by atoms with Crippen LogP contribution in [-0.4, -0.2) is 36.6 Å². The normalized spacial score (nSPS) is 50.5. The van der Waals surface area contributed by atoms with Gasteiger partial charge in [0.2, 0.25) is 0 Å². The number of nitrogens with one attached hydrogen (secondary N) is 1. The van der Waals surface area contributed by atoms with Gasteiger partial charge in [-0.2, -0.15) is 0 Å². The van der Waals surface area contributed by atoms with Gasteiger partial charge < -0.3 is 5.32 Å². The summed E-state index contributed by atoms with van der Waals surface area (Å²) in [7, 11) is 0. The largest absolute Gasteiger partial charge is 0.314 e. The molecule has 0 spiro atoms. The van der Waals surface area contributed by atoms with Gasteiger partial charge in [0.25, 0.3) is 0 Å². The van der Waals surface area contributed by atoms with Crippen LogP contribution < -0.4 is 5.32 Å². The van der Waals surface area contributed by atoms with Crippen molar-refractivity contribution in [3.05, 3.63) is 0 Å². The molecule has 3 aliphatic heterocycles. The maximum absolute atomic E-state index is 3.83. The molecule has 2 nitrogen and oxygen atoms in total. The Morgan fingerprint density at radius 2 is 1.94 bits per heavy atom. The molecule has 96 valence electrons. The van der Waals surface area contributed by atoms with E-state index in [1.54, 1.807) is 6.42 Å². The minimum atomic E-state index is 0.886. The van der Waals surface area contributed by atoms with Crippen LogP contribution in [0.2, 0.25) is 0 Å². The Morgan fingerprint density at radius 1 is 0.941 bits per heavy atom. The van der Waals surface area contributed by atoms with Gasteiger partial charge in [-0.05, 0) is 69.4 Å². The summed E-state index contributed by atoms with van der Waals surface area (Å²) in [4.78, 5) is 2.87. The molecule has 1 N–H and O–H groups in total. The Balaban J connectivity index is 1.56. The third kappa shape index (κ3) is 1.76. The van der Waals surface area contributed by atoms with E-state index in [2.05, 4.69) is 10.2 Å². The third-order valence-electron chi connectivity index (χ3n) is 6.08. The number of hydrogen-bond acceptors (Lipinski definition) is 2. The summed E-state index contributed by atoms with van der Waals surface area (Å²) in [6.45, 7) is 4.13. The van der Waals surface area contributed by atoms with Crippen LogP contribution in [-0.2, 0) is 0 Å². The van der Waals surface area contributed by atoms with Crippen LogP contribution in [0.1, 0.15) is 44.9 Å². The maximum Gasteiger partial charge on any atom is 0.0124 e. The second-order valence-electron chi connectivity index (χ2n) is 6.92. The van der Waals surface area contributed by atoms with E-state index in [-0.39, 0.29) is 0 Å². The summed E-state index contributed by atoms with van der Waals surface area (Å²) in [6, 6.07) is 1.85. The van der Waals surface area contributed by atoms with Crippen LogP contribution >= 0.6 is 0 Å². The fourth-order valence-corrected chi connectivity index (χ4v) is 5.39. The first-order valence-corrected chi connectivity index (χ1v) is 7.89. The summed E-state index contributed by atoms with van der Waals surface area (Å²) < 4.78 is 0. The molecule has 4 rings (SSSR count). The summed E-state index contributed by atoms with van der Waals surface area (Å²) in [6.07, 6.45) is 10.4. The second-order valence-corrected chi connectivity index (χ2v) is 6.92. The predicted octanol–water partition coefficient (Wildman–Crippen LogP) is 2.25. The standard InChI is InChI=1S/C15H26N2/c1-2-7-17-10-12-8-11(15(17)5-1)9-14-13(12)4-3-6-16-14/h11-16H,1-10H2/t11-,12-,13-,14?,15+/m1/s1. The Bertz CT molecular complexity index is 263. The van der Waals surface area contributed by atoms with E-state index in [1.807, 2.05) is 0 Å². The molecular weight excluding hydrogens is 208 g/mol. The minimum absolute atomic E-state index is 0.886. The van der Waals surface area contributed by atoms with Gasteiger partial charge in [0, 0.05) is 18.6 Å². The smallest absolute Gasteiger partial charge is 0.0124 e. The summed E-state index contributed by atoms with van der Waals surface area (Å²) in [5.74, 6) is 3.07. The summed E-state index contributed by atoms with van der Waals surface area (Å²) in [5.41, 5.74) is 0. The average molecular weight is 234 g/mol. The van der Waals surface area contributed by atoms with Gasteiger partial charge in [0.05, 0.1) is 0 Å². The van der Waals surface area contributed by atoms with Crippen LogP contribution in [0.3, 0.4) is 0 Å². The molecule has 2 heteroatoms. The van der Waals surface area contributed by atoms with E-state index in [0.29, 0.717) is 0 Å². The molecule has 4 fully saturated rings. The van der Waals surface area contributed by atoms with E-state index in [4.69, 9.17) is 0 Å². The lowest BCUT2D eigenvalue weighted by atomic mass is 9.62. The van der Waals surface area contributed by atoms with Crippen molar-refractivity contribution < 1.29 is 0 Å². The van der Waals surface area contributed by atoms with Crippen molar-refractivity contribution in [1.29, 1.82) is 0 Å². The van der Waals surface area contributed by atoms with Crippen molar-refractivity contribution in [2.45, 2.75) is 57.0 Å². The van der Waals surface area contributed by atoms with Crippen LogP contribution in [0.25, 0.3) is 0 Å². The minimum Gasteiger partial charge on any atom is -0.314 e. The van der Waals surface area contributed by atoms with Gasteiger partial charge in [0.1, 0.15) is 0 Å². The zero-order valence-corrected chi connectivity index (χ0v) is 10.9. The van der Waals surface area contributed by atoms with Gasteiger partial charge >= 0.3 is 0 Å². The zero-order valence-electron chi connectivity index (χ0n) is 10.9. The van der Waals surface area contributed by atoms with E-state index in [1.165, 1.54) is 58.2 Å². The predicted molar refractivity (Wildman–Crippen MR) is 69.9 cm³/mol. The average Bonchev–Trinajstić information content (AvgIpc) is 2.39. The highest BCUT2D eigenvalue weighted by Gasteiger charge is 2.47. The lowest BCUT2D eigenvalue weighted by molar-refractivity contribution is -0.0440. The number of rotatable bonds is 0. The molecule has 17 heavy (non-hydrogen) atoms. The zero-order chi connectivity index (χ0) is 11.2. The van der Waals surface area contributed by atoms with E-state index in [9.17, 15) is 0 Å². The van der Waals surface area contributed by atoms with E-state index < -0.39 is 0 Å². The number of piperidine rings is 3. The first kappa shape index (κ1) is 10.8. The van der Waals surface area contributed by atoms with Crippen molar-refractivity contribution in [3.63, 3.8) is 0 Å². The highest BCUT2D eigenvalue weighted by Crippen LogP contribution is 2.46. The molecule has 3 saturated heterocycles. The Labute approximate surface area is 105 Å². The van der Waals surface area contributed by atoms with Crippen molar-refractivity contribution in [1.82, 2.24) is 10.2 Å². The molecule has 0 radical (unpaired) electrons. The lowest BCUT2D eigenvalue weighted by Gasteiger charge is -2.56. The molecule has 2 bridgehead atoms. The molecule has 1 saturated carbocycles. The SMILES string of the molecule is C1CNC2C[C@H]3C[C@H](CN4CCCC[C@@H]34)[C@H]2C1. The van der Waals surface area contributed by atoms with Gasteiger partial charge in [0.15, 0.2) is 0 Å². The summed E-state index contributed by atoms with van der Waals surface area (Å²) in [5, 5.41) is 3.83. The van der Waals surface area contributed by atoms with Crippen molar-refractivity contribution in [2.75, 3.05) is 19.6 Å². The molecule has 1 aliphatic carbocycles.